The van der Waals surface area contributed by atoms with E-state index >= 15 is 0 Å². The topological polar surface area (TPSA) is 54.9 Å². The SMILES string of the molecule is COc1ccc2c(Cl)cc(-c3ccc(N4CCN(C(=O)OC(C)(C)C)CC4)cc3)nc2c1. The van der Waals surface area contributed by atoms with Gasteiger partial charge in [0.05, 0.1) is 23.3 Å². The Morgan fingerprint density at radius 3 is 2.31 bits per heavy atom. The van der Waals surface area contributed by atoms with Crippen LogP contribution in [0.15, 0.2) is 48.5 Å². The summed E-state index contributed by atoms with van der Waals surface area (Å²) in [5.41, 5.74) is 3.25. The molecule has 168 valence electrons. The van der Waals surface area contributed by atoms with Crippen molar-refractivity contribution in [3.8, 4) is 17.0 Å². The number of carbonyl (C=O) groups excluding carboxylic acids is 1. The summed E-state index contributed by atoms with van der Waals surface area (Å²) in [5, 5.41) is 1.56. The molecule has 1 amide bonds. The third-order valence-corrected chi connectivity index (χ3v) is 5.74. The van der Waals surface area contributed by atoms with Crippen molar-refractivity contribution in [1.82, 2.24) is 9.88 Å². The quantitative estimate of drug-likeness (QED) is 0.515. The Morgan fingerprint density at radius 1 is 1.00 bits per heavy atom. The van der Waals surface area contributed by atoms with Crippen LogP contribution in [-0.4, -0.2) is 54.9 Å². The fraction of sp³-hybridized carbons (Fsp3) is 0.360. The second kappa shape index (κ2) is 8.87. The van der Waals surface area contributed by atoms with Crippen LogP contribution in [0.1, 0.15) is 20.8 Å². The van der Waals surface area contributed by atoms with Crippen molar-refractivity contribution in [2.24, 2.45) is 0 Å². The Labute approximate surface area is 193 Å². The normalized spacial score (nSPS) is 14.5. The maximum absolute atomic E-state index is 12.3. The van der Waals surface area contributed by atoms with Crippen LogP contribution in [0.5, 0.6) is 5.75 Å². The van der Waals surface area contributed by atoms with E-state index in [4.69, 9.17) is 26.1 Å². The van der Waals surface area contributed by atoms with Crippen molar-refractivity contribution in [1.29, 1.82) is 0 Å². The summed E-state index contributed by atoms with van der Waals surface area (Å²) in [6, 6.07) is 15.9. The molecule has 0 aliphatic carbocycles. The lowest BCUT2D eigenvalue weighted by Gasteiger charge is -2.36. The number of hydrogen-bond acceptors (Lipinski definition) is 5. The lowest BCUT2D eigenvalue weighted by atomic mass is 10.1. The highest BCUT2D eigenvalue weighted by atomic mass is 35.5. The van der Waals surface area contributed by atoms with E-state index in [-0.39, 0.29) is 6.09 Å². The molecule has 0 unspecified atom stereocenters. The van der Waals surface area contributed by atoms with Gasteiger partial charge < -0.3 is 19.3 Å². The molecular weight excluding hydrogens is 426 g/mol. The van der Waals surface area contributed by atoms with Gasteiger partial charge in [-0.05, 0) is 51.1 Å². The Hall–Kier alpha value is -2.99. The summed E-state index contributed by atoms with van der Waals surface area (Å²) in [6.45, 7) is 8.46. The molecule has 6 nitrogen and oxygen atoms in total. The van der Waals surface area contributed by atoms with Crippen LogP contribution < -0.4 is 9.64 Å². The number of aromatic nitrogens is 1. The van der Waals surface area contributed by atoms with Crippen LogP contribution in [0.4, 0.5) is 10.5 Å². The number of carbonyl (C=O) groups is 1. The van der Waals surface area contributed by atoms with Crippen LogP contribution >= 0.6 is 11.6 Å². The molecule has 32 heavy (non-hydrogen) atoms. The molecule has 1 saturated heterocycles. The zero-order valence-electron chi connectivity index (χ0n) is 18.9. The number of ether oxygens (including phenoxy) is 2. The fourth-order valence-corrected chi connectivity index (χ4v) is 4.02. The Bertz CT molecular complexity index is 1120. The molecule has 0 bridgehead atoms. The maximum Gasteiger partial charge on any atom is 0.410 e. The molecule has 0 N–H and O–H groups in total. The number of methoxy groups -OCH3 is 1. The van der Waals surface area contributed by atoms with Crippen molar-refractivity contribution in [2.75, 3.05) is 38.2 Å². The molecule has 0 spiro atoms. The minimum atomic E-state index is -0.477. The van der Waals surface area contributed by atoms with E-state index < -0.39 is 5.60 Å². The molecule has 1 fully saturated rings. The Kier molecular flexibility index (Phi) is 6.15. The fourth-order valence-electron chi connectivity index (χ4n) is 3.76. The first kappa shape index (κ1) is 22.2. The van der Waals surface area contributed by atoms with E-state index in [1.165, 1.54) is 0 Å². The van der Waals surface area contributed by atoms with Gasteiger partial charge in [-0.1, -0.05) is 23.7 Å². The number of piperazine rings is 1. The highest BCUT2D eigenvalue weighted by Gasteiger charge is 2.26. The van der Waals surface area contributed by atoms with Gasteiger partial charge in [0.2, 0.25) is 0 Å². The smallest absolute Gasteiger partial charge is 0.410 e. The summed E-state index contributed by atoms with van der Waals surface area (Å²) >= 11 is 6.51. The highest BCUT2D eigenvalue weighted by molar-refractivity contribution is 6.35. The minimum absolute atomic E-state index is 0.247. The molecule has 2 aromatic carbocycles. The van der Waals surface area contributed by atoms with Gasteiger partial charge in [-0.15, -0.1) is 0 Å². The molecule has 1 aromatic heterocycles. The molecule has 3 aromatic rings. The van der Waals surface area contributed by atoms with E-state index in [0.29, 0.717) is 18.1 Å². The molecule has 0 atom stereocenters. The van der Waals surface area contributed by atoms with Crippen molar-refractivity contribution >= 4 is 34.3 Å². The maximum atomic E-state index is 12.3. The number of nitrogens with zero attached hydrogens (tertiary/aromatic N) is 3. The number of hydrogen-bond donors (Lipinski definition) is 0. The molecule has 4 rings (SSSR count). The van der Waals surface area contributed by atoms with Gasteiger partial charge in [0.25, 0.3) is 0 Å². The predicted octanol–water partition coefficient (Wildman–Crippen LogP) is 5.62. The predicted molar refractivity (Wildman–Crippen MR) is 129 cm³/mol. The summed E-state index contributed by atoms with van der Waals surface area (Å²) < 4.78 is 10.8. The first-order chi connectivity index (χ1) is 15.2. The molecule has 0 saturated carbocycles. The van der Waals surface area contributed by atoms with Crippen molar-refractivity contribution in [3.05, 3.63) is 53.6 Å². The van der Waals surface area contributed by atoms with Gasteiger partial charge in [-0.25, -0.2) is 9.78 Å². The van der Waals surface area contributed by atoms with Gasteiger partial charge in [0, 0.05) is 48.9 Å². The molecule has 7 heteroatoms. The van der Waals surface area contributed by atoms with Crippen LogP contribution in [0.3, 0.4) is 0 Å². The molecular formula is C25H28ClN3O3. The lowest BCUT2D eigenvalue weighted by Crippen LogP contribution is -2.50. The van der Waals surface area contributed by atoms with Crippen LogP contribution in [0.25, 0.3) is 22.2 Å². The molecule has 1 aliphatic rings. The average molecular weight is 454 g/mol. The van der Waals surface area contributed by atoms with Crippen LogP contribution in [0, 0.1) is 0 Å². The van der Waals surface area contributed by atoms with E-state index in [2.05, 4.69) is 29.2 Å². The van der Waals surface area contributed by atoms with Crippen molar-refractivity contribution in [3.63, 3.8) is 0 Å². The van der Waals surface area contributed by atoms with Crippen molar-refractivity contribution < 1.29 is 14.3 Å². The summed E-state index contributed by atoms with van der Waals surface area (Å²) in [7, 11) is 1.64. The minimum Gasteiger partial charge on any atom is -0.497 e. The zero-order valence-corrected chi connectivity index (χ0v) is 19.6. The summed E-state index contributed by atoms with van der Waals surface area (Å²) in [6.07, 6.45) is -0.247. The third kappa shape index (κ3) is 4.91. The Morgan fingerprint density at radius 2 is 1.69 bits per heavy atom. The van der Waals surface area contributed by atoms with E-state index in [0.717, 1.165) is 46.7 Å². The van der Waals surface area contributed by atoms with E-state index in [1.54, 1.807) is 12.0 Å². The monoisotopic (exact) mass is 453 g/mol. The zero-order chi connectivity index (χ0) is 22.9. The first-order valence-corrected chi connectivity index (χ1v) is 11.1. The van der Waals surface area contributed by atoms with Crippen molar-refractivity contribution in [2.45, 2.75) is 26.4 Å². The van der Waals surface area contributed by atoms with E-state index in [1.807, 2.05) is 45.0 Å². The standard InChI is InChI=1S/C25H28ClN3O3/c1-25(2,3)32-24(30)29-13-11-28(12-14-29)18-7-5-17(6-8-18)22-16-21(26)20-10-9-19(31-4)15-23(20)27-22/h5-10,15-16H,11-14H2,1-4H3. The highest BCUT2D eigenvalue weighted by Crippen LogP contribution is 2.31. The second-order valence-corrected chi connectivity index (χ2v) is 9.28. The largest absolute Gasteiger partial charge is 0.497 e. The number of halogens is 1. The molecule has 1 aliphatic heterocycles. The number of pyridine rings is 1. The summed E-state index contributed by atoms with van der Waals surface area (Å²) in [5.74, 6) is 0.749. The average Bonchev–Trinajstić information content (AvgIpc) is 2.77. The number of benzene rings is 2. The van der Waals surface area contributed by atoms with Crippen LogP contribution in [-0.2, 0) is 4.74 Å². The van der Waals surface area contributed by atoms with Gasteiger partial charge in [0.15, 0.2) is 0 Å². The summed E-state index contributed by atoms with van der Waals surface area (Å²) in [4.78, 5) is 21.1. The van der Waals surface area contributed by atoms with E-state index in [9.17, 15) is 4.79 Å². The van der Waals surface area contributed by atoms with Crippen LogP contribution in [0.2, 0.25) is 5.02 Å². The molecule has 0 radical (unpaired) electrons. The number of amides is 1. The molecule has 2 heterocycles. The number of fused-ring (bicyclic) bond motifs is 1. The first-order valence-electron chi connectivity index (χ1n) is 10.7. The number of rotatable bonds is 3. The van der Waals surface area contributed by atoms with Gasteiger partial charge in [0.1, 0.15) is 11.4 Å². The number of anilines is 1. The Balaban J connectivity index is 1.47. The second-order valence-electron chi connectivity index (χ2n) is 8.87. The lowest BCUT2D eigenvalue weighted by molar-refractivity contribution is 0.0240. The van der Waals surface area contributed by atoms with Gasteiger partial charge in [-0.2, -0.15) is 0 Å². The third-order valence-electron chi connectivity index (χ3n) is 5.43. The van der Waals surface area contributed by atoms with Gasteiger partial charge >= 0.3 is 6.09 Å². The van der Waals surface area contributed by atoms with Gasteiger partial charge in [-0.3, -0.25) is 0 Å².